The van der Waals surface area contributed by atoms with E-state index in [0.29, 0.717) is 5.02 Å². The highest BCUT2D eigenvalue weighted by Crippen LogP contribution is 2.41. The highest BCUT2D eigenvalue weighted by Gasteiger charge is 2.44. The summed E-state index contributed by atoms with van der Waals surface area (Å²) in [5.74, 6) is 0. The Balaban J connectivity index is 1.46. The van der Waals surface area contributed by atoms with Gasteiger partial charge in [-0.25, -0.2) is 4.79 Å². The van der Waals surface area contributed by atoms with E-state index < -0.39 is 11.7 Å². The van der Waals surface area contributed by atoms with Crippen LogP contribution in [0.25, 0.3) is 0 Å². The van der Waals surface area contributed by atoms with Gasteiger partial charge in [0.05, 0.1) is 22.8 Å². The first-order chi connectivity index (χ1) is 12.8. The highest BCUT2D eigenvalue weighted by molar-refractivity contribution is 6.30. The molecular weight excluding hydrogens is 381 g/mol. The second-order valence-corrected chi connectivity index (χ2v) is 7.50. The van der Waals surface area contributed by atoms with Crippen molar-refractivity contribution in [1.82, 2.24) is 14.7 Å². The quantitative estimate of drug-likeness (QED) is 0.777. The van der Waals surface area contributed by atoms with Crippen LogP contribution < -0.4 is 5.32 Å². The maximum absolute atomic E-state index is 12.9. The van der Waals surface area contributed by atoms with Crippen LogP contribution in [0, 0.1) is 0 Å². The Labute approximate surface area is 159 Å². The van der Waals surface area contributed by atoms with Gasteiger partial charge < -0.3 is 10.2 Å². The Morgan fingerprint density at radius 2 is 1.89 bits per heavy atom. The molecule has 9 heteroatoms. The van der Waals surface area contributed by atoms with E-state index in [-0.39, 0.29) is 29.8 Å². The standard InChI is InChI=1S/C18H18ClF3N4O/c19-12-9-23-25(10-12)16-7-14-4-5-15(8-16)26(14)17(27)24-13-3-1-2-11(6-13)18(20,21)22/h1-3,6,9-10,14-16H,4-5,7-8H2,(H,24,27). The highest BCUT2D eigenvalue weighted by atomic mass is 35.5. The van der Waals surface area contributed by atoms with E-state index in [0.717, 1.165) is 37.8 Å². The van der Waals surface area contributed by atoms with Crippen LogP contribution in [0.4, 0.5) is 23.7 Å². The number of urea groups is 1. The predicted octanol–water partition coefficient (Wildman–Crippen LogP) is 4.96. The summed E-state index contributed by atoms with van der Waals surface area (Å²) in [6, 6.07) is 4.61. The van der Waals surface area contributed by atoms with Gasteiger partial charge in [-0.3, -0.25) is 4.68 Å². The molecule has 0 radical (unpaired) electrons. The summed E-state index contributed by atoms with van der Waals surface area (Å²) in [6.45, 7) is 0. The molecule has 0 aliphatic carbocycles. The number of rotatable bonds is 2. The number of anilines is 1. The third kappa shape index (κ3) is 3.63. The van der Waals surface area contributed by atoms with Crippen molar-refractivity contribution in [2.24, 2.45) is 0 Å². The molecule has 2 amide bonds. The van der Waals surface area contributed by atoms with E-state index in [1.54, 1.807) is 17.3 Å². The van der Waals surface area contributed by atoms with E-state index >= 15 is 0 Å². The molecule has 1 aromatic heterocycles. The van der Waals surface area contributed by atoms with Crippen LogP contribution in [0.2, 0.25) is 5.02 Å². The van der Waals surface area contributed by atoms with Crippen LogP contribution in [-0.4, -0.2) is 32.8 Å². The van der Waals surface area contributed by atoms with Crippen LogP contribution in [0.3, 0.4) is 0 Å². The van der Waals surface area contributed by atoms with E-state index in [1.165, 1.54) is 12.1 Å². The van der Waals surface area contributed by atoms with Crippen molar-refractivity contribution in [3.63, 3.8) is 0 Å². The molecule has 3 heterocycles. The summed E-state index contributed by atoms with van der Waals surface area (Å²) in [5, 5.41) is 7.47. The molecular formula is C18H18ClF3N4O. The number of carbonyl (C=O) groups is 1. The monoisotopic (exact) mass is 398 g/mol. The number of benzene rings is 1. The third-order valence-corrected chi connectivity index (χ3v) is 5.52. The molecule has 2 aromatic rings. The number of piperidine rings is 1. The molecule has 4 rings (SSSR count). The summed E-state index contributed by atoms with van der Waals surface area (Å²) in [5.41, 5.74) is -0.632. The molecule has 144 valence electrons. The zero-order valence-electron chi connectivity index (χ0n) is 14.3. The van der Waals surface area contributed by atoms with Crippen molar-refractivity contribution in [1.29, 1.82) is 0 Å². The Morgan fingerprint density at radius 3 is 2.48 bits per heavy atom. The topological polar surface area (TPSA) is 50.2 Å². The smallest absolute Gasteiger partial charge is 0.318 e. The van der Waals surface area contributed by atoms with Crippen molar-refractivity contribution in [3.8, 4) is 0 Å². The molecule has 2 unspecified atom stereocenters. The van der Waals surface area contributed by atoms with Crippen LogP contribution >= 0.6 is 11.6 Å². The number of nitrogens with one attached hydrogen (secondary N) is 1. The van der Waals surface area contributed by atoms with Gasteiger partial charge in [0.15, 0.2) is 0 Å². The van der Waals surface area contributed by atoms with Gasteiger partial charge in [-0.1, -0.05) is 17.7 Å². The second kappa shape index (κ2) is 6.74. The summed E-state index contributed by atoms with van der Waals surface area (Å²) < 4.78 is 40.4. The fourth-order valence-corrected chi connectivity index (χ4v) is 4.32. The number of hydrogen-bond acceptors (Lipinski definition) is 2. The van der Waals surface area contributed by atoms with Gasteiger partial charge in [0.25, 0.3) is 0 Å². The molecule has 1 N–H and O–H groups in total. The molecule has 5 nitrogen and oxygen atoms in total. The van der Waals surface area contributed by atoms with Gasteiger partial charge in [-0.2, -0.15) is 18.3 Å². The zero-order valence-corrected chi connectivity index (χ0v) is 15.0. The van der Waals surface area contributed by atoms with E-state index in [4.69, 9.17) is 11.6 Å². The number of aromatic nitrogens is 2. The van der Waals surface area contributed by atoms with Gasteiger partial charge in [0.1, 0.15) is 0 Å². The predicted molar refractivity (Wildman–Crippen MR) is 94.6 cm³/mol. The van der Waals surface area contributed by atoms with Gasteiger partial charge >= 0.3 is 12.2 Å². The minimum atomic E-state index is -4.44. The Hall–Kier alpha value is -2.22. The summed E-state index contributed by atoms with van der Waals surface area (Å²) in [6.07, 6.45) is 2.21. The van der Waals surface area contributed by atoms with Gasteiger partial charge in [-0.15, -0.1) is 0 Å². The maximum atomic E-state index is 12.9. The van der Waals surface area contributed by atoms with E-state index in [9.17, 15) is 18.0 Å². The molecule has 27 heavy (non-hydrogen) atoms. The number of nitrogens with zero attached hydrogens (tertiary/aromatic N) is 3. The Bertz CT molecular complexity index is 839. The number of hydrogen-bond donors (Lipinski definition) is 1. The molecule has 2 fully saturated rings. The minimum absolute atomic E-state index is 0.0440. The van der Waals surface area contributed by atoms with Gasteiger partial charge in [0, 0.05) is 24.0 Å². The Morgan fingerprint density at radius 1 is 1.19 bits per heavy atom. The molecule has 1 aromatic carbocycles. The number of amides is 2. The molecule has 2 bridgehead atoms. The fraction of sp³-hybridized carbons (Fsp3) is 0.444. The van der Waals surface area contributed by atoms with Crippen molar-refractivity contribution in [2.75, 3.05) is 5.32 Å². The van der Waals surface area contributed by atoms with Crippen molar-refractivity contribution >= 4 is 23.3 Å². The summed E-state index contributed by atoms with van der Waals surface area (Å²) in [7, 11) is 0. The molecule has 2 atom stereocenters. The lowest BCUT2D eigenvalue weighted by molar-refractivity contribution is -0.137. The second-order valence-electron chi connectivity index (χ2n) is 7.06. The number of fused-ring (bicyclic) bond motifs is 2. The summed E-state index contributed by atoms with van der Waals surface area (Å²) >= 11 is 5.94. The average molecular weight is 399 g/mol. The van der Waals surface area contributed by atoms with Crippen LogP contribution in [0.1, 0.15) is 37.3 Å². The first kappa shape index (κ1) is 18.2. The minimum Gasteiger partial charge on any atom is -0.318 e. The molecule has 2 aliphatic heterocycles. The van der Waals surface area contributed by atoms with Crippen LogP contribution in [-0.2, 0) is 6.18 Å². The maximum Gasteiger partial charge on any atom is 0.416 e. The number of halogens is 4. The first-order valence-corrected chi connectivity index (χ1v) is 9.15. The zero-order chi connectivity index (χ0) is 19.2. The molecule has 2 aliphatic rings. The SMILES string of the molecule is O=C(Nc1cccc(C(F)(F)F)c1)N1C2CCC1CC(n1cc(Cl)cn1)C2. The number of carbonyl (C=O) groups excluding carboxylic acids is 1. The lowest BCUT2D eigenvalue weighted by Gasteiger charge is -2.38. The van der Waals surface area contributed by atoms with Crippen molar-refractivity contribution in [3.05, 3.63) is 47.2 Å². The molecule has 0 saturated carbocycles. The largest absolute Gasteiger partial charge is 0.416 e. The van der Waals surface area contributed by atoms with Crippen LogP contribution in [0.15, 0.2) is 36.7 Å². The molecule has 0 spiro atoms. The summed E-state index contributed by atoms with van der Waals surface area (Å²) in [4.78, 5) is 14.5. The number of alkyl halides is 3. The fourth-order valence-electron chi connectivity index (χ4n) is 4.17. The van der Waals surface area contributed by atoms with Crippen molar-refractivity contribution in [2.45, 2.75) is 50.0 Å². The molecule has 2 saturated heterocycles. The third-order valence-electron chi connectivity index (χ3n) is 5.33. The lowest BCUT2D eigenvalue weighted by Crippen LogP contribution is -2.48. The van der Waals surface area contributed by atoms with Gasteiger partial charge in [-0.05, 0) is 43.9 Å². The Kier molecular flexibility index (Phi) is 4.53. The first-order valence-electron chi connectivity index (χ1n) is 8.77. The van der Waals surface area contributed by atoms with Crippen molar-refractivity contribution < 1.29 is 18.0 Å². The van der Waals surface area contributed by atoms with Crippen LogP contribution in [0.5, 0.6) is 0 Å². The average Bonchev–Trinajstić information content (AvgIpc) is 3.15. The lowest BCUT2D eigenvalue weighted by atomic mass is 9.98. The van der Waals surface area contributed by atoms with E-state index in [1.807, 2.05) is 4.68 Å². The normalized spacial score (nSPS) is 24.9. The van der Waals surface area contributed by atoms with E-state index in [2.05, 4.69) is 10.4 Å². The van der Waals surface area contributed by atoms with Gasteiger partial charge in [0.2, 0.25) is 0 Å².